The molecule has 0 bridgehead atoms. The molecule has 2 fully saturated rings. The number of nitrogens with one attached hydrogen (secondary N) is 1. The molecule has 108 valence electrons. The van der Waals surface area contributed by atoms with Crippen molar-refractivity contribution in [1.82, 2.24) is 5.32 Å². The predicted molar refractivity (Wildman–Crippen MR) is 85.2 cm³/mol. The van der Waals surface area contributed by atoms with Gasteiger partial charge in [0.1, 0.15) is 11.9 Å². The molecule has 1 aliphatic heterocycles. The van der Waals surface area contributed by atoms with E-state index < -0.39 is 0 Å². The first kappa shape index (κ1) is 15.3. The summed E-state index contributed by atoms with van der Waals surface area (Å²) in [5.74, 6) is 3.01. The third-order valence-electron chi connectivity index (χ3n) is 4.55. The lowest BCUT2D eigenvalue weighted by Crippen LogP contribution is -2.50. The topological polar surface area (TPSA) is 84.3 Å². The Morgan fingerprint density at radius 1 is 1.38 bits per heavy atom. The summed E-state index contributed by atoms with van der Waals surface area (Å²) in [4.78, 5) is 7.94. The van der Waals surface area contributed by atoms with E-state index in [-0.39, 0.29) is 12.5 Å². The summed E-state index contributed by atoms with van der Waals surface area (Å²) in [7, 11) is 0. The Morgan fingerprint density at radius 2 is 2.05 bits per heavy atom. The van der Waals surface area contributed by atoms with Gasteiger partial charge in [-0.05, 0) is 25.2 Å². The summed E-state index contributed by atoms with van der Waals surface area (Å²) in [6.45, 7) is 5.84. The van der Waals surface area contributed by atoms with Crippen LogP contribution in [-0.2, 0) is 0 Å². The van der Waals surface area contributed by atoms with Crippen molar-refractivity contribution in [1.29, 1.82) is 10.5 Å². The van der Waals surface area contributed by atoms with E-state index in [1.54, 1.807) is 13.1 Å². The number of hydrogen-bond donors (Lipinski definition) is 1. The molecular formula is C15H20BN5. The van der Waals surface area contributed by atoms with Gasteiger partial charge in [-0.2, -0.15) is 5.26 Å². The lowest BCUT2D eigenvalue weighted by Gasteiger charge is -2.51. The Hall–Kier alpha value is -2.08. The SMILES string of the molecule is C=C(/N=C(C#N)\N=C/C)NC1CC2(CCB(C#N)CC2)C1. The highest BCUT2D eigenvalue weighted by molar-refractivity contribution is 6.67. The van der Waals surface area contributed by atoms with E-state index in [2.05, 4.69) is 27.8 Å². The molecule has 1 aliphatic carbocycles. The van der Waals surface area contributed by atoms with Gasteiger partial charge in [0.05, 0.1) is 0 Å². The van der Waals surface area contributed by atoms with Gasteiger partial charge in [-0.15, -0.1) is 0 Å². The summed E-state index contributed by atoms with van der Waals surface area (Å²) >= 11 is 0. The molecule has 21 heavy (non-hydrogen) atoms. The van der Waals surface area contributed by atoms with Crippen LogP contribution in [0.1, 0.15) is 32.6 Å². The van der Waals surface area contributed by atoms with E-state index in [4.69, 9.17) is 10.5 Å². The Bertz CT molecular complexity index is 535. The van der Waals surface area contributed by atoms with Gasteiger partial charge in [-0.25, -0.2) is 15.2 Å². The van der Waals surface area contributed by atoms with Gasteiger partial charge in [-0.3, -0.25) is 0 Å². The summed E-state index contributed by atoms with van der Waals surface area (Å²) in [6, 6.07) is 2.31. The highest BCUT2D eigenvalue weighted by Crippen LogP contribution is 2.52. The fourth-order valence-electron chi connectivity index (χ4n) is 3.46. The Balaban J connectivity index is 1.80. The normalized spacial score (nSPS) is 21.7. The zero-order valence-electron chi connectivity index (χ0n) is 12.5. The summed E-state index contributed by atoms with van der Waals surface area (Å²) < 4.78 is 0. The molecule has 0 radical (unpaired) electrons. The van der Waals surface area contributed by atoms with E-state index in [1.165, 1.54) is 0 Å². The van der Waals surface area contributed by atoms with Crippen LogP contribution in [0.5, 0.6) is 0 Å². The third kappa shape index (κ3) is 3.73. The minimum absolute atomic E-state index is 0.124. The second-order valence-electron chi connectivity index (χ2n) is 6.03. The van der Waals surface area contributed by atoms with Crippen molar-refractivity contribution in [3.8, 4) is 12.0 Å². The Labute approximate surface area is 126 Å². The van der Waals surface area contributed by atoms with Gasteiger partial charge in [0.25, 0.3) is 6.71 Å². The number of rotatable bonds is 3. The van der Waals surface area contributed by atoms with Crippen LogP contribution in [-0.4, -0.2) is 24.8 Å². The number of nitriles is 2. The molecule has 1 saturated carbocycles. The van der Waals surface area contributed by atoms with E-state index in [0.29, 0.717) is 17.3 Å². The molecule has 0 aromatic carbocycles. The fraction of sp³-hybridized carbons (Fsp3) is 0.600. The molecule has 0 aromatic rings. The second kappa shape index (κ2) is 6.58. The average molecular weight is 281 g/mol. The van der Waals surface area contributed by atoms with Crippen molar-refractivity contribution < 1.29 is 0 Å². The molecule has 2 aliphatic rings. The number of aliphatic imine (C=N–C) groups is 2. The maximum atomic E-state index is 8.95. The first-order chi connectivity index (χ1) is 10.1. The van der Waals surface area contributed by atoms with Crippen LogP contribution in [0.4, 0.5) is 0 Å². The molecule has 0 aromatic heterocycles. The zero-order chi connectivity index (χ0) is 15.3. The first-order valence-corrected chi connectivity index (χ1v) is 7.43. The minimum atomic E-state index is 0.124. The maximum absolute atomic E-state index is 8.95. The van der Waals surface area contributed by atoms with Crippen molar-refractivity contribution >= 4 is 18.8 Å². The monoisotopic (exact) mass is 281 g/mol. The molecule has 0 amide bonds. The summed E-state index contributed by atoms with van der Waals surface area (Å²) in [5.41, 5.74) is 0.425. The van der Waals surface area contributed by atoms with E-state index in [9.17, 15) is 0 Å². The smallest absolute Gasteiger partial charge is 0.267 e. The molecule has 1 heterocycles. The highest BCUT2D eigenvalue weighted by atomic mass is 15.1. The molecule has 2 rings (SSSR count). The van der Waals surface area contributed by atoms with Crippen LogP contribution >= 0.6 is 0 Å². The highest BCUT2D eigenvalue weighted by Gasteiger charge is 2.46. The summed E-state index contributed by atoms with van der Waals surface area (Å²) in [6.07, 6.45) is 8.14. The molecule has 5 nitrogen and oxygen atoms in total. The van der Waals surface area contributed by atoms with Gasteiger partial charge in [0.2, 0.25) is 5.84 Å². The number of nitrogens with zero attached hydrogens (tertiary/aromatic N) is 4. The Morgan fingerprint density at radius 3 is 2.57 bits per heavy atom. The van der Waals surface area contributed by atoms with Crippen LogP contribution < -0.4 is 5.32 Å². The van der Waals surface area contributed by atoms with Crippen LogP contribution in [0.25, 0.3) is 0 Å². The van der Waals surface area contributed by atoms with E-state index in [0.717, 1.165) is 38.3 Å². The zero-order valence-corrected chi connectivity index (χ0v) is 12.5. The van der Waals surface area contributed by atoms with Gasteiger partial charge in [0, 0.05) is 18.2 Å². The van der Waals surface area contributed by atoms with Gasteiger partial charge < -0.3 is 5.32 Å². The molecule has 1 N–H and O–H groups in total. The molecule has 6 heteroatoms. The van der Waals surface area contributed by atoms with Crippen LogP contribution in [0, 0.1) is 28.0 Å². The number of amidine groups is 1. The van der Waals surface area contributed by atoms with Crippen molar-refractivity contribution in [3.63, 3.8) is 0 Å². The predicted octanol–water partition coefficient (Wildman–Crippen LogP) is 2.56. The fourth-order valence-corrected chi connectivity index (χ4v) is 3.46. The number of hydrogen-bond acceptors (Lipinski definition) is 4. The third-order valence-corrected chi connectivity index (χ3v) is 4.55. The van der Waals surface area contributed by atoms with Crippen LogP contribution in [0.2, 0.25) is 12.6 Å². The molecule has 1 saturated heterocycles. The largest absolute Gasteiger partial charge is 0.368 e. The molecule has 0 unspecified atom stereocenters. The summed E-state index contributed by atoms with van der Waals surface area (Å²) in [5, 5.41) is 21.1. The average Bonchev–Trinajstić information content (AvgIpc) is 2.46. The van der Waals surface area contributed by atoms with Crippen molar-refractivity contribution in [2.45, 2.75) is 51.3 Å². The minimum Gasteiger partial charge on any atom is -0.368 e. The standard InChI is InChI=1S/C15H20BN5/c1-3-19-14(10-17)21-12(2)20-13-8-15(9-13)4-6-16(11-18)7-5-15/h3,13,20H,2,4-9H2,1H3/b19-3-,21-14-. The van der Waals surface area contributed by atoms with Crippen molar-refractivity contribution in [2.75, 3.05) is 0 Å². The van der Waals surface area contributed by atoms with Gasteiger partial charge in [0.15, 0.2) is 0 Å². The molecule has 0 atom stereocenters. The van der Waals surface area contributed by atoms with Crippen LogP contribution in [0.3, 0.4) is 0 Å². The lowest BCUT2D eigenvalue weighted by atomic mass is 9.37. The molecular weight excluding hydrogens is 261 g/mol. The molecule has 1 spiro atoms. The quantitative estimate of drug-likeness (QED) is 0.490. The second-order valence-corrected chi connectivity index (χ2v) is 6.03. The van der Waals surface area contributed by atoms with Gasteiger partial charge in [-0.1, -0.05) is 32.1 Å². The Kier molecular flexibility index (Phi) is 4.80. The maximum Gasteiger partial charge on any atom is 0.267 e. The van der Waals surface area contributed by atoms with Gasteiger partial charge >= 0.3 is 0 Å². The first-order valence-electron chi connectivity index (χ1n) is 7.43. The van der Waals surface area contributed by atoms with E-state index >= 15 is 0 Å². The van der Waals surface area contributed by atoms with Crippen molar-refractivity contribution in [2.24, 2.45) is 15.4 Å². The van der Waals surface area contributed by atoms with E-state index in [1.807, 2.05) is 6.07 Å². The van der Waals surface area contributed by atoms with Crippen LogP contribution in [0.15, 0.2) is 22.4 Å². The van der Waals surface area contributed by atoms with Crippen molar-refractivity contribution in [3.05, 3.63) is 12.4 Å². The lowest BCUT2D eigenvalue weighted by molar-refractivity contribution is 0.0725.